The quantitative estimate of drug-likeness (QED) is 0.116. The summed E-state index contributed by atoms with van der Waals surface area (Å²) >= 11 is 0. The SMILES string of the molecule is C=CC[N+](CC=C)(CC=C)CCC[N+](CC=C)(CC=C)CC=C.[I-].[I-]. The van der Waals surface area contributed by atoms with Crippen molar-refractivity contribution in [1.29, 1.82) is 0 Å². The molecule has 0 aromatic rings. The fourth-order valence-corrected chi connectivity index (χ4v) is 3.38. The molecule has 0 saturated carbocycles. The molecular weight excluding hydrogens is 534 g/mol. The lowest BCUT2D eigenvalue weighted by Crippen LogP contribution is -3.00. The average molecular weight is 570 g/mol. The zero-order chi connectivity index (χ0) is 17.6. The number of halogens is 2. The minimum atomic E-state index is 0. The summed E-state index contributed by atoms with van der Waals surface area (Å²) in [6.07, 6.45) is 13.2. The topological polar surface area (TPSA) is 0 Å². The molecular formula is C21H36I2N2. The van der Waals surface area contributed by atoms with Crippen LogP contribution >= 0.6 is 0 Å². The number of rotatable bonds is 16. The normalized spacial score (nSPS) is 10.6. The highest BCUT2D eigenvalue weighted by Gasteiger charge is 2.27. The molecule has 25 heavy (non-hydrogen) atoms. The van der Waals surface area contributed by atoms with Crippen molar-refractivity contribution < 1.29 is 56.9 Å². The summed E-state index contributed by atoms with van der Waals surface area (Å²) in [4.78, 5) is 0. The second kappa shape index (κ2) is 17.2. The molecule has 0 heterocycles. The van der Waals surface area contributed by atoms with Gasteiger partial charge in [0.15, 0.2) is 0 Å². The van der Waals surface area contributed by atoms with Gasteiger partial charge in [-0.15, -0.1) is 0 Å². The van der Waals surface area contributed by atoms with Crippen molar-refractivity contribution in [2.45, 2.75) is 6.42 Å². The van der Waals surface area contributed by atoms with Gasteiger partial charge in [0.1, 0.15) is 0 Å². The molecule has 0 aliphatic rings. The van der Waals surface area contributed by atoms with Gasteiger partial charge < -0.3 is 56.9 Å². The van der Waals surface area contributed by atoms with Crippen LogP contribution in [0.2, 0.25) is 0 Å². The summed E-state index contributed by atoms with van der Waals surface area (Å²) in [7, 11) is 0. The second-order valence-corrected chi connectivity index (χ2v) is 6.31. The molecule has 0 spiro atoms. The lowest BCUT2D eigenvalue weighted by Gasteiger charge is -2.39. The first-order valence-corrected chi connectivity index (χ1v) is 8.43. The van der Waals surface area contributed by atoms with Crippen LogP contribution in [-0.2, 0) is 0 Å². The summed E-state index contributed by atoms with van der Waals surface area (Å²) in [6.45, 7) is 31.4. The van der Waals surface area contributed by atoms with Crippen LogP contribution in [0.1, 0.15) is 6.42 Å². The molecule has 0 aromatic carbocycles. The summed E-state index contributed by atoms with van der Waals surface area (Å²) in [5.74, 6) is 0. The highest BCUT2D eigenvalue weighted by atomic mass is 127. The molecule has 0 bridgehead atoms. The Labute approximate surface area is 190 Å². The van der Waals surface area contributed by atoms with Crippen molar-refractivity contribution in [2.75, 3.05) is 52.4 Å². The van der Waals surface area contributed by atoms with Crippen LogP contribution in [0.25, 0.3) is 0 Å². The van der Waals surface area contributed by atoms with Gasteiger partial charge >= 0.3 is 0 Å². The van der Waals surface area contributed by atoms with Gasteiger partial charge in [-0.1, -0.05) is 39.5 Å². The number of nitrogens with zero attached hydrogens (tertiary/aromatic N) is 2. The van der Waals surface area contributed by atoms with E-state index in [2.05, 4.69) is 39.5 Å². The van der Waals surface area contributed by atoms with Crippen LogP contribution in [0.15, 0.2) is 75.9 Å². The van der Waals surface area contributed by atoms with Crippen LogP contribution in [0.4, 0.5) is 0 Å². The number of hydrogen-bond donors (Lipinski definition) is 0. The lowest BCUT2D eigenvalue weighted by molar-refractivity contribution is -0.930. The van der Waals surface area contributed by atoms with E-state index in [1.807, 2.05) is 36.5 Å². The Morgan fingerprint density at radius 3 is 0.800 bits per heavy atom. The molecule has 144 valence electrons. The Morgan fingerprint density at radius 2 is 0.640 bits per heavy atom. The molecule has 0 saturated heterocycles. The smallest absolute Gasteiger partial charge is 0.0975 e. The van der Waals surface area contributed by atoms with Gasteiger partial charge in [0.2, 0.25) is 0 Å². The van der Waals surface area contributed by atoms with Crippen LogP contribution in [-0.4, -0.2) is 61.3 Å². The Balaban J connectivity index is -0.00000242. The molecule has 0 radical (unpaired) electrons. The molecule has 0 aliphatic heterocycles. The molecule has 0 aliphatic carbocycles. The van der Waals surface area contributed by atoms with Crippen LogP contribution < -0.4 is 48.0 Å². The highest BCUT2D eigenvalue weighted by molar-refractivity contribution is 4.78. The maximum atomic E-state index is 3.93. The van der Waals surface area contributed by atoms with E-state index >= 15 is 0 Å². The summed E-state index contributed by atoms with van der Waals surface area (Å²) in [6, 6.07) is 0. The third kappa shape index (κ3) is 11.2. The maximum absolute atomic E-state index is 3.93. The van der Waals surface area contributed by atoms with Gasteiger partial charge in [-0.25, -0.2) is 0 Å². The zero-order valence-electron chi connectivity index (χ0n) is 15.7. The molecule has 4 heteroatoms. The van der Waals surface area contributed by atoms with Crippen LogP contribution in [0.5, 0.6) is 0 Å². The van der Waals surface area contributed by atoms with Crippen molar-refractivity contribution in [3.05, 3.63) is 75.9 Å². The van der Waals surface area contributed by atoms with Crippen molar-refractivity contribution >= 4 is 0 Å². The van der Waals surface area contributed by atoms with Gasteiger partial charge in [0.25, 0.3) is 0 Å². The Hall–Kier alpha value is -0.180. The largest absolute Gasteiger partial charge is 1.00 e. The minimum absolute atomic E-state index is 0. The molecule has 0 N–H and O–H groups in total. The van der Waals surface area contributed by atoms with Gasteiger partial charge in [-0.3, -0.25) is 0 Å². The van der Waals surface area contributed by atoms with Crippen LogP contribution in [0.3, 0.4) is 0 Å². The third-order valence-corrected chi connectivity index (χ3v) is 4.36. The van der Waals surface area contributed by atoms with E-state index < -0.39 is 0 Å². The van der Waals surface area contributed by atoms with Crippen LogP contribution in [0, 0.1) is 0 Å². The van der Waals surface area contributed by atoms with Crippen molar-refractivity contribution in [3.63, 3.8) is 0 Å². The lowest BCUT2D eigenvalue weighted by atomic mass is 10.2. The third-order valence-electron chi connectivity index (χ3n) is 4.36. The van der Waals surface area contributed by atoms with E-state index in [9.17, 15) is 0 Å². The standard InChI is InChI=1S/C21H36N2.2HI/c1-7-14-22(15-8-2,16-9-3)20-13-21-23(17-10-4,18-11-5)19-12-6;;/h7-12H,1-6,13-21H2;2*1H/q+2;;/p-2. The highest BCUT2D eigenvalue weighted by Crippen LogP contribution is 2.14. The van der Waals surface area contributed by atoms with Crippen molar-refractivity contribution in [1.82, 2.24) is 0 Å². The predicted octanol–water partition coefficient (Wildman–Crippen LogP) is -1.87. The zero-order valence-corrected chi connectivity index (χ0v) is 20.0. The Bertz CT molecular complexity index is 325. The molecule has 0 rings (SSSR count). The number of quaternary nitrogens is 2. The van der Waals surface area contributed by atoms with E-state index in [1.165, 1.54) is 0 Å². The monoisotopic (exact) mass is 570 g/mol. The average Bonchev–Trinajstić information content (AvgIpc) is 2.49. The fraction of sp³-hybridized carbons (Fsp3) is 0.429. The number of hydrogen-bond acceptors (Lipinski definition) is 0. The second-order valence-electron chi connectivity index (χ2n) is 6.31. The van der Waals surface area contributed by atoms with E-state index in [-0.39, 0.29) is 48.0 Å². The molecule has 0 aromatic heterocycles. The Morgan fingerprint density at radius 1 is 0.440 bits per heavy atom. The summed E-state index contributed by atoms with van der Waals surface area (Å²) in [5.41, 5.74) is 0. The maximum Gasteiger partial charge on any atom is 0.0975 e. The molecule has 0 amide bonds. The fourth-order valence-electron chi connectivity index (χ4n) is 3.38. The van der Waals surface area contributed by atoms with Gasteiger partial charge in [-0.2, -0.15) is 0 Å². The van der Waals surface area contributed by atoms with Crippen molar-refractivity contribution in [3.8, 4) is 0 Å². The molecule has 0 atom stereocenters. The summed E-state index contributed by atoms with van der Waals surface area (Å²) in [5, 5.41) is 0. The first-order chi connectivity index (χ1) is 11.1. The molecule has 2 nitrogen and oxygen atoms in total. The minimum Gasteiger partial charge on any atom is -1.00 e. The predicted molar refractivity (Wildman–Crippen MR) is 105 cm³/mol. The first kappa shape index (κ1) is 29.6. The van der Waals surface area contributed by atoms with E-state index in [0.717, 1.165) is 67.7 Å². The first-order valence-electron chi connectivity index (χ1n) is 8.43. The Kier molecular flexibility index (Phi) is 20.4. The van der Waals surface area contributed by atoms with Gasteiger partial charge in [0.05, 0.1) is 52.4 Å². The van der Waals surface area contributed by atoms with Gasteiger partial charge in [-0.05, 0) is 36.5 Å². The summed E-state index contributed by atoms with van der Waals surface area (Å²) < 4.78 is 1.90. The van der Waals surface area contributed by atoms with E-state index in [1.54, 1.807) is 0 Å². The van der Waals surface area contributed by atoms with E-state index in [0.29, 0.717) is 0 Å². The molecule has 0 unspecified atom stereocenters. The van der Waals surface area contributed by atoms with Gasteiger partial charge in [0, 0.05) is 6.42 Å². The van der Waals surface area contributed by atoms with Crippen molar-refractivity contribution in [2.24, 2.45) is 0 Å². The van der Waals surface area contributed by atoms with E-state index in [4.69, 9.17) is 0 Å². The molecule has 0 fully saturated rings.